The monoisotopic (exact) mass is 721 g/mol. The normalized spacial score (nSPS) is 11.7. The van der Waals surface area contributed by atoms with E-state index in [-0.39, 0.29) is 5.91 Å². The summed E-state index contributed by atoms with van der Waals surface area (Å²) >= 11 is 0. The molecule has 0 unspecified atom stereocenters. The molecular formula is C46H92N2O3. The van der Waals surface area contributed by atoms with Gasteiger partial charge in [-0.05, 0) is 57.9 Å². The minimum atomic E-state index is 0.235. The van der Waals surface area contributed by atoms with Crippen molar-refractivity contribution in [2.45, 2.75) is 232 Å². The molecule has 0 aliphatic heterocycles. The maximum absolute atomic E-state index is 12.9. The summed E-state index contributed by atoms with van der Waals surface area (Å²) in [5.74, 6) is 0.235. The lowest BCUT2D eigenvalue weighted by molar-refractivity contribution is -0.133. The largest absolute Gasteiger partial charge is 0.380 e. The van der Waals surface area contributed by atoms with Crippen molar-refractivity contribution in [2.75, 3.05) is 46.1 Å². The maximum atomic E-state index is 12.9. The first-order valence-corrected chi connectivity index (χ1v) is 23.0. The topological polar surface area (TPSA) is 64.8 Å². The van der Waals surface area contributed by atoms with Crippen LogP contribution in [0.1, 0.15) is 232 Å². The van der Waals surface area contributed by atoms with Crippen molar-refractivity contribution in [2.24, 2.45) is 5.73 Å². The van der Waals surface area contributed by atoms with E-state index in [1.807, 2.05) is 4.90 Å². The lowest BCUT2D eigenvalue weighted by Gasteiger charge is -2.23. The minimum absolute atomic E-state index is 0.235. The third-order valence-electron chi connectivity index (χ3n) is 10.4. The number of rotatable bonds is 44. The molecular weight excluding hydrogens is 629 g/mol. The van der Waals surface area contributed by atoms with Gasteiger partial charge in [0.25, 0.3) is 0 Å². The van der Waals surface area contributed by atoms with Gasteiger partial charge in [0, 0.05) is 32.7 Å². The van der Waals surface area contributed by atoms with E-state index in [1.165, 1.54) is 180 Å². The first kappa shape index (κ1) is 50.1. The molecule has 0 spiro atoms. The number of hydrogen-bond donors (Lipinski definition) is 1. The standard InChI is InChI=1S/C46H92N2O3/c1-3-5-7-9-11-13-15-17-19-21-23-25-27-29-31-36-42-50-44-40-48(46(49)38-34-33-35-39-47)41-45-51-43-37-32-30-28-26-24-22-20-18-16-14-12-10-8-6-4-2/h17,19H,3-16,18,20-45,47H2,1-2H3/b19-17-. The minimum Gasteiger partial charge on any atom is -0.380 e. The fraction of sp³-hybridized carbons (Fsp3) is 0.935. The zero-order chi connectivity index (χ0) is 37.0. The lowest BCUT2D eigenvalue weighted by atomic mass is 10.0. The molecule has 0 atom stereocenters. The Bertz CT molecular complexity index is 685. The van der Waals surface area contributed by atoms with Crippen LogP contribution < -0.4 is 5.73 Å². The summed E-state index contributed by atoms with van der Waals surface area (Å²) in [4.78, 5) is 14.9. The molecule has 2 N–H and O–H groups in total. The van der Waals surface area contributed by atoms with Crippen molar-refractivity contribution < 1.29 is 14.3 Å². The van der Waals surface area contributed by atoms with Gasteiger partial charge >= 0.3 is 0 Å². The van der Waals surface area contributed by atoms with Gasteiger partial charge in [-0.25, -0.2) is 0 Å². The maximum Gasteiger partial charge on any atom is 0.222 e. The second-order valence-electron chi connectivity index (χ2n) is 15.4. The van der Waals surface area contributed by atoms with Crippen LogP contribution in [0.5, 0.6) is 0 Å². The van der Waals surface area contributed by atoms with Crippen molar-refractivity contribution >= 4 is 5.91 Å². The first-order valence-electron chi connectivity index (χ1n) is 23.0. The molecule has 0 aromatic carbocycles. The van der Waals surface area contributed by atoms with Crippen molar-refractivity contribution in [3.05, 3.63) is 12.2 Å². The van der Waals surface area contributed by atoms with E-state index in [2.05, 4.69) is 26.0 Å². The van der Waals surface area contributed by atoms with Crippen LogP contribution in [0.3, 0.4) is 0 Å². The molecule has 5 nitrogen and oxygen atoms in total. The average Bonchev–Trinajstić information content (AvgIpc) is 3.14. The number of allylic oxidation sites excluding steroid dienone is 2. The zero-order valence-corrected chi connectivity index (χ0v) is 34.9. The highest BCUT2D eigenvalue weighted by molar-refractivity contribution is 5.76. The Hall–Kier alpha value is -0.910. The summed E-state index contributed by atoms with van der Waals surface area (Å²) in [6.07, 6.45) is 49.0. The molecule has 0 aromatic heterocycles. The predicted molar refractivity (Wildman–Crippen MR) is 225 cm³/mol. The number of hydrogen-bond acceptors (Lipinski definition) is 4. The molecule has 304 valence electrons. The lowest BCUT2D eigenvalue weighted by Crippen LogP contribution is -2.36. The van der Waals surface area contributed by atoms with E-state index in [1.54, 1.807) is 0 Å². The van der Waals surface area contributed by atoms with Crippen LogP contribution in [0, 0.1) is 0 Å². The molecule has 0 saturated carbocycles. The SMILES string of the molecule is CCCCCCCC/C=C\CCCCCCCCOCCN(CCOCCCCCCCCCCCCCCCCCC)C(=O)CCCCCN. The molecule has 0 fully saturated rings. The second-order valence-corrected chi connectivity index (χ2v) is 15.4. The summed E-state index contributed by atoms with van der Waals surface area (Å²) < 4.78 is 11.9. The summed E-state index contributed by atoms with van der Waals surface area (Å²) in [6.45, 7) is 9.49. The molecule has 51 heavy (non-hydrogen) atoms. The van der Waals surface area contributed by atoms with Crippen molar-refractivity contribution in [1.82, 2.24) is 4.90 Å². The van der Waals surface area contributed by atoms with Crippen LogP contribution in [-0.4, -0.2) is 56.9 Å². The van der Waals surface area contributed by atoms with Gasteiger partial charge < -0.3 is 20.1 Å². The first-order chi connectivity index (χ1) is 25.3. The molecule has 5 heteroatoms. The highest BCUT2D eigenvalue weighted by Gasteiger charge is 2.13. The third kappa shape index (κ3) is 41.7. The van der Waals surface area contributed by atoms with E-state index < -0.39 is 0 Å². The van der Waals surface area contributed by atoms with Gasteiger partial charge in [0.1, 0.15) is 0 Å². The van der Waals surface area contributed by atoms with Gasteiger partial charge in [0.05, 0.1) is 13.2 Å². The Morgan fingerprint density at radius 1 is 0.431 bits per heavy atom. The fourth-order valence-corrected chi connectivity index (χ4v) is 6.87. The summed E-state index contributed by atoms with van der Waals surface area (Å²) in [7, 11) is 0. The van der Waals surface area contributed by atoms with E-state index in [0.717, 1.165) is 45.3 Å². The predicted octanol–water partition coefficient (Wildman–Crippen LogP) is 13.7. The van der Waals surface area contributed by atoms with E-state index in [9.17, 15) is 4.79 Å². The smallest absolute Gasteiger partial charge is 0.222 e. The number of amides is 1. The molecule has 0 radical (unpaired) electrons. The van der Waals surface area contributed by atoms with Crippen molar-refractivity contribution in [3.63, 3.8) is 0 Å². The van der Waals surface area contributed by atoms with E-state index in [0.29, 0.717) is 39.3 Å². The van der Waals surface area contributed by atoms with Crippen LogP contribution in [0.4, 0.5) is 0 Å². The molecule has 0 aromatic rings. The van der Waals surface area contributed by atoms with Gasteiger partial charge in [0.15, 0.2) is 0 Å². The summed E-state index contributed by atoms with van der Waals surface area (Å²) in [5, 5.41) is 0. The Morgan fingerprint density at radius 3 is 1.14 bits per heavy atom. The fourth-order valence-electron chi connectivity index (χ4n) is 6.87. The third-order valence-corrected chi connectivity index (χ3v) is 10.4. The second kappa shape index (κ2) is 45.2. The van der Waals surface area contributed by atoms with E-state index >= 15 is 0 Å². The number of ether oxygens (including phenoxy) is 2. The highest BCUT2D eigenvalue weighted by Crippen LogP contribution is 2.14. The van der Waals surface area contributed by atoms with Gasteiger partial charge in [-0.15, -0.1) is 0 Å². The Kier molecular flexibility index (Phi) is 44.4. The summed E-state index contributed by atoms with van der Waals surface area (Å²) in [6, 6.07) is 0. The Morgan fingerprint density at radius 2 is 0.765 bits per heavy atom. The number of nitrogens with two attached hydrogens (primary N) is 1. The average molecular weight is 721 g/mol. The van der Waals surface area contributed by atoms with Gasteiger partial charge in [0.2, 0.25) is 5.91 Å². The van der Waals surface area contributed by atoms with Gasteiger partial charge in [-0.2, -0.15) is 0 Å². The zero-order valence-electron chi connectivity index (χ0n) is 34.9. The molecule has 0 aliphatic carbocycles. The molecule has 0 aliphatic rings. The summed E-state index contributed by atoms with van der Waals surface area (Å²) in [5.41, 5.74) is 5.64. The molecule has 1 amide bonds. The van der Waals surface area contributed by atoms with Crippen LogP contribution in [0.25, 0.3) is 0 Å². The number of unbranched alkanes of at least 4 members (excludes halogenated alkanes) is 29. The number of carbonyl (C=O) groups excluding carboxylic acids is 1. The van der Waals surface area contributed by atoms with Gasteiger partial charge in [-0.3, -0.25) is 4.79 Å². The van der Waals surface area contributed by atoms with Crippen LogP contribution in [0.2, 0.25) is 0 Å². The number of carbonyl (C=O) groups is 1. The molecule has 0 bridgehead atoms. The number of nitrogens with zero attached hydrogens (tertiary/aromatic N) is 1. The van der Waals surface area contributed by atoms with Crippen molar-refractivity contribution in [3.8, 4) is 0 Å². The highest BCUT2D eigenvalue weighted by atomic mass is 16.5. The van der Waals surface area contributed by atoms with Gasteiger partial charge in [-0.1, -0.05) is 187 Å². The molecule has 0 saturated heterocycles. The van der Waals surface area contributed by atoms with E-state index in [4.69, 9.17) is 15.2 Å². The van der Waals surface area contributed by atoms with Crippen LogP contribution >= 0.6 is 0 Å². The van der Waals surface area contributed by atoms with Crippen molar-refractivity contribution in [1.29, 1.82) is 0 Å². The molecule has 0 rings (SSSR count). The molecule has 0 heterocycles. The van der Waals surface area contributed by atoms with Crippen LogP contribution in [0.15, 0.2) is 12.2 Å². The van der Waals surface area contributed by atoms with Crippen LogP contribution in [-0.2, 0) is 14.3 Å². The Labute approximate surface area is 320 Å². The quantitative estimate of drug-likeness (QED) is 0.0503. The Balaban J connectivity index is 3.77.